The molecular weight excluding hydrogens is 408 g/mol. The van der Waals surface area contributed by atoms with Crippen molar-refractivity contribution in [3.8, 4) is 5.75 Å². The lowest BCUT2D eigenvalue weighted by Crippen LogP contribution is -2.41. The maximum absolute atomic E-state index is 12.1. The maximum atomic E-state index is 12.1. The summed E-state index contributed by atoms with van der Waals surface area (Å²) in [5.74, 6) is 1.69. The Morgan fingerprint density at radius 2 is 2.12 bits per heavy atom. The van der Waals surface area contributed by atoms with Crippen LogP contribution in [0.15, 0.2) is 35.3 Å². The van der Waals surface area contributed by atoms with Crippen molar-refractivity contribution in [3.05, 3.63) is 47.4 Å². The van der Waals surface area contributed by atoms with Gasteiger partial charge in [0, 0.05) is 25.1 Å². The summed E-state index contributed by atoms with van der Waals surface area (Å²) in [6, 6.07) is 5.57. The van der Waals surface area contributed by atoms with Crippen molar-refractivity contribution in [1.82, 2.24) is 9.97 Å². The average Bonchev–Trinajstić information content (AvgIpc) is 3.50. The second kappa shape index (κ2) is 7.15. The minimum absolute atomic E-state index is 0.0101. The van der Waals surface area contributed by atoms with Gasteiger partial charge in [0.25, 0.3) is 5.91 Å². The molecule has 0 saturated heterocycles. The number of carbonyl (C=O) groups excluding carboxylic acids is 2. The van der Waals surface area contributed by atoms with Gasteiger partial charge in [0.05, 0.1) is 17.3 Å². The summed E-state index contributed by atoms with van der Waals surface area (Å²) in [5.41, 5.74) is 8.97. The first-order valence-corrected chi connectivity index (χ1v) is 10.8. The Morgan fingerprint density at radius 1 is 1.25 bits per heavy atom. The summed E-state index contributed by atoms with van der Waals surface area (Å²) < 4.78 is 5.53. The number of carbonyl (C=O) groups is 2. The van der Waals surface area contributed by atoms with Crippen molar-refractivity contribution in [2.24, 2.45) is 28.5 Å². The number of hydrogen-bond donors (Lipinski definition) is 3. The van der Waals surface area contributed by atoms with Gasteiger partial charge in [0.15, 0.2) is 12.4 Å². The number of nitrogens with one attached hydrogen (secondary N) is 2. The molecule has 162 valence electrons. The van der Waals surface area contributed by atoms with Crippen LogP contribution in [-0.4, -0.2) is 40.6 Å². The molecule has 1 saturated carbocycles. The van der Waals surface area contributed by atoms with E-state index in [9.17, 15) is 9.59 Å². The summed E-state index contributed by atoms with van der Waals surface area (Å²) in [6.07, 6.45) is 8.18. The summed E-state index contributed by atoms with van der Waals surface area (Å²) in [6.45, 7) is 0.0101. The highest BCUT2D eigenvalue weighted by atomic mass is 16.5. The number of benzene rings is 1. The molecular formula is C23H22N6O3. The molecule has 4 aliphatic rings. The van der Waals surface area contributed by atoms with E-state index in [1.807, 2.05) is 24.4 Å². The Morgan fingerprint density at radius 3 is 3.00 bits per heavy atom. The van der Waals surface area contributed by atoms with Crippen LogP contribution in [0.25, 0.3) is 0 Å². The van der Waals surface area contributed by atoms with E-state index in [0.717, 1.165) is 23.4 Å². The number of rotatable bonds is 5. The Kier molecular flexibility index (Phi) is 4.24. The number of allylic oxidation sites excluding steroid dienone is 1. The van der Waals surface area contributed by atoms with Gasteiger partial charge < -0.3 is 21.1 Å². The number of nitrogens with zero attached hydrogens (tertiary/aromatic N) is 3. The van der Waals surface area contributed by atoms with E-state index in [4.69, 9.17) is 20.4 Å². The largest absolute Gasteiger partial charge is 0.482 e. The van der Waals surface area contributed by atoms with Crippen LogP contribution < -0.4 is 21.1 Å². The molecule has 32 heavy (non-hydrogen) atoms. The highest BCUT2D eigenvalue weighted by molar-refractivity contribution is 5.95. The zero-order chi connectivity index (χ0) is 21.8. The van der Waals surface area contributed by atoms with E-state index in [1.54, 1.807) is 0 Å². The topological polar surface area (TPSA) is 132 Å². The highest BCUT2D eigenvalue weighted by Crippen LogP contribution is 2.45. The quantitative estimate of drug-likeness (QED) is 0.619. The number of fused-ring (bicyclic) bond motifs is 4. The monoisotopic (exact) mass is 430 g/mol. The lowest BCUT2D eigenvalue weighted by Gasteiger charge is -2.27. The van der Waals surface area contributed by atoms with Crippen molar-refractivity contribution >= 4 is 35.2 Å². The van der Waals surface area contributed by atoms with Crippen LogP contribution in [-0.2, 0) is 22.4 Å². The number of primary amides is 1. The summed E-state index contributed by atoms with van der Waals surface area (Å²) in [7, 11) is 0. The zero-order valence-electron chi connectivity index (χ0n) is 17.2. The summed E-state index contributed by atoms with van der Waals surface area (Å²) in [5, 5.41) is 6.29. The van der Waals surface area contributed by atoms with Crippen LogP contribution in [0.5, 0.6) is 5.75 Å². The van der Waals surface area contributed by atoms with Crippen LogP contribution >= 0.6 is 0 Å². The number of hydrogen-bond acceptors (Lipinski definition) is 7. The van der Waals surface area contributed by atoms with Gasteiger partial charge in [-0.15, -0.1) is 0 Å². The number of anilines is 2. The van der Waals surface area contributed by atoms with E-state index in [2.05, 4.69) is 27.8 Å². The number of aliphatic imine (C=N–C) groups is 1. The molecule has 9 heteroatoms. The highest BCUT2D eigenvalue weighted by Gasteiger charge is 2.47. The first kappa shape index (κ1) is 19.0. The molecule has 0 radical (unpaired) electrons. The lowest BCUT2D eigenvalue weighted by molar-refractivity contribution is -0.122. The van der Waals surface area contributed by atoms with Gasteiger partial charge in [-0.05, 0) is 36.0 Å². The van der Waals surface area contributed by atoms with Gasteiger partial charge >= 0.3 is 0 Å². The summed E-state index contributed by atoms with van der Waals surface area (Å²) in [4.78, 5) is 37.6. The molecule has 2 aromatic rings. The van der Waals surface area contributed by atoms with E-state index in [0.29, 0.717) is 35.9 Å². The Hall–Kier alpha value is -3.75. The molecule has 6 rings (SSSR count). The lowest BCUT2D eigenvalue weighted by atomic mass is 9.88. The maximum Gasteiger partial charge on any atom is 0.262 e. The number of amides is 2. The molecule has 1 aromatic carbocycles. The molecule has 2 aliphatic carbocycles. The molecule has 2 amide bonds. The molecule has 4 unspecified atom stereocenters. The third-order valence-corrected chi connectivity index (χ3v) is 6.64. The molecule has 2 bridgehead atoms. The fourth-order valence-corrected chi connectivity index (χ4v) is 5.21. The Bertz CT molecular complexity index is 1210. The van der Waals surface area contributed by atoms with E-state index >= 15 is 0 Å². The smallest absolute Gasteiger partial charge is 0.262 e. The predicted octanol–water partition coefficient (Wildman–Crippen LogP) is 1.74. The zero-order valence-corrected chi connectivity index (χ0v) is 17.2. The van der Waals surface area contributed by atoms with Gasteiger partial charge in [0.1, 0.15) is 17.3 Å². The standard InChI is InChI=1S/C23H22N6O3/c24-22(31)19-12-2-3-13(9-12)20(19)29-23-21-15(5-6-25-21)26-17(28-23)8-11-1-4-14-16(7-11)32-10-18(30)27-14/h1-4,6-7,12-13,19-20H,5,8-10H2,(H2,24,31)(H,27,30)(H,26,28,29). The second-order valence-corrected chi connectivity index (χ2v) is 8.69. The van der Waals surface area contributed by atoms with Crippen molar-refractivity contribution in [2.75, 3.05) is 17.2 Å². The van der Waals surface area contributed by atoms with Gasteiger partial charge in [-0.2, -0.15) is 0 Å². The van der Waals surface area contributed by atoms with E-state index < -0.39 is 0 Å². The molecule has 4 atom stereocenters. The minimum Gasteiger partial charge on any atom is -0.482 e. The molecule has 9 nitrogen and oxygen atoms in total. The van der Waals surface area contributed by atoms with Crippen molar-refractivity contribution < 1.29 is 14.3 Å². The van der Waals surface area contributed by atoms with Gasteiger partial charge in [0.2, 0.25) is 5.91 Å². The van der Waals surface area contributed by atoms with Crippen LogP contribution in [0.1, 0.15) is 23.5 Å². The van der Waals surface area contributed by atoms with E-state index in [1.165, 1.54) is 0 Å². The molecule has 0 spiro atoms. The van der Waals surface area contributed by atoms with Gasteiger partial charge in [-0.25, -0.2) is 9.97 Å². The number of ether oxygens (including phenoxy) is 1. The van der Waals surface area contributed by atoms with Crippen molar-refractivity contribution in [3.63, 3.8) is 0 Å². The fraction of sp³-hybridized carbons (Fsp3) is 0.348. The van der Waals surface area contributed by atoms with Crippen molar-refractivity contribution in [2.45, 2.75) is 25.3 Å². The molecule has 1 fully saturated rings. The minimum atomic E-state index is -0.282. The van der Waals surface area contributed by atoms with Gasteiger partial charge in [-0.3, -0.25) is 14.6 Å². The SMILES string of the molecule is NC(=O)C1C2C=CC(C2)C1Nc1nc(Cc2ccc3c(c2)OCC(=O)N3)nc2c1N=CC2. The van der Waals surface area contributed by atoms with E-state index in [-0.39, 0.29) is 42.2 Å². The first-order valence-electron chi connectivity index (χ1n) is 10.8. The number of nitrogens with two attached hydrogens (primary N) is 1. The molecule has 1 aromatic heterocycles. The van der Waals surface area contributed by atoms with Crippen LogP contribution in [0, 0.1) is 17.8 Å². The normalized spacial score (nSPS) is 26.4. The molecule has 2 aliphatic heterocycles. The first-order chi connectivity index (χ1) is 15.5. The Balaban J connectivity index is 1.29. The Labute approximate surface area is 184 Å². The van der Waals surface area contributed by atoms with Crippen molar-refractivity contribution in [1.29, 1.82) is 0 Å². The predicted molar refractivity (Wildman–Crippen MR) is 118 cm³/mol. The summed E-state index contributed by atoms with van der Waals surface area (Å²) >= 11 is 0. The van der Waals surface area contributed by atoms with Crippen LogP contribution in [0.2, 0.25) is 0 Å². The second-order valence-electron chi connectivity index (χ2n) is 8.69. The number of aromatic nitrogens is 2. The average molecular weight is 430 g/mol. The fourth-order valence-electron chi connectivity index (χ4n) is 5.21. The molecule has 4 N–H and O–H groups in total. The van der Waals surface area contributed by atoms with Crippen LogP contribution in [0.4, 0.5) is 17.2 Å². The molecule has 3 heterocycles. The van der Waals surface area contributed by atoms with Crippen LogP contribution in [0.3, 0.4) is 0 Å². The van der Waals surface area contributed by atoms with Gasteiger partial charge in [-0.1, -0.05) is 18.2 Å². The third-order valence-electron chi connectivity index (χ3n) is 6.64. The third kappa shape index (κ3) is 3.12.